The zero-order valence-electron chi connectivity index (χ0n) is 19.3. The fraction of sp³-hybridized carbons (Fsp3) is 0.130. The molecule has 0 aliphatic carbocycles. The lowest BCUT2D eigenvalue weighted by atomic mass is 10.3. The standard InChI is InChI=1S/C23H21ClN6O5S/c1-28-9-12(6-16(28)21(32)26-14-8-18(23(34)35)30(3)11-14)25-20(31)17-7-13(10-29(17)2)27-22(33)19-15(24)4-5-36-19/h4-11H,1-3H3,(H,25,31)(H,26,32)(H,27,33)(H,34,35). The van der Waals surface area contributed by atoms with Crippen molar-refractivity contribution in [1.29, 1.82) is 0 Å². The highest BCUT2D eigenvalue weighted by atomic mass is 35.5. The van der Waals surface area contributed by atoms with Crippen LogP contribution in [0.5, 0.6) is 0 Å². The van der Waals surface area contributed by atoms with Crippen molar-refractivity contribution in [2.45, 2.75) is 0 Å². The van der Waals surface area contributed by atoms with Crippen LogP contribution < -0.4 is 16.0 Å². The molecule has 4 aromatic heterocycles. The van der Waals surface area contributed by atoms with Crippen LogP contribution in [0.25, 0.3) is 0 Å². The first-order valence-corrected chi connectivity index (χ1v) is 11.7. The fourth-order valence-corrected chi connectivity index (χ4v) is 4.63. The summed E-state index contributed by atoms with van der Waals surface area (Å²) in [5.41, 5.74) is 1.69. The molecule has 0 spiro atoms. The largest absolute Gasteiger partial charge is 0.477 e. The average molecular weight is 529 g/mol. The van der Waals surface area contributed by atoms with Crippen LogP contribution in [0.15, 0.2) is 48.2 Å². The minimum Gasteiger partial charge on any atom is -0.477 e. The van der Waals surface area contributed by atoms with E-state index in [4.69, 9.17) is 16.7 Å². The minimum absolute atomic E-state index is 0.0294. The van der Waals surface area contributed by atoms with E-state index in [1.54, 1.807) is 49.6 Å². The predicted molar refractivity (Wildman–Crippen MR) is 136 cm³/mol. The number of amides is 3. The van der Waals surface area contributed by atoms with E-state index in [0.29, 0.717) is 27.0 Å². The van der Waals surface area contributed by atoms with Crippen molar-refractivity contribution in [3.05, 3.63) is 75.2 Å². The Balaban J connectivity index is 1.44. The van der Waals surface area contributed by atoms with Crippen LogP contribution in [0.1, 0.15) is 41.1 Å². The van der Waals surface area contributed by atoms with E-state index in [0.717, 1.165) is 0 Å². The Kier molecular flexibility index (Phi) is 6.73. The molecule has 3 amide bonds. The number of aromatic carboxylic acids is 1. The molecule has 36 heavy (non-hydrogen) atoms. The maximum atomic E-state index is 12.9. The van der Waals surface area contributed by atoms with Gasteiger partial charge in [0.25, 0.3) is 17.7 Å². The molecule has 0 saturated heterocycles. The number of halogens is 1. The summed E-state index contributed by atoms with van der Waals surface area (Å²) in [6, 6.07) is 6.01. The predicted octanol–water partition coefficient (Wildman–Crippen LogP) is 3.87. The zero-order chi connectivity index (χ0) is 26.1. The highest BCUT2D eigenvalue weighted by Gasteiger charge is 2.19. The Morgan fingerprint density at radius 1 is 0.750 bits per heavy atom. The van der Waals surface area contributed by atoms with Crippen molar-refractivity contribution in [2.24, 2.45) is 21.1 Å². The summed E-state index contributed by atoms with van der Waals surface area (Å²) in [6.07, 6.45) is 4.67. The van der Waals surface area contributed by atoms with Crippen molar-refractivity contribution in [3.8, 4) is 0 Å². The second-order valence-corrected chi connectivity index (χ2v) is 9.26. The molecule has 4 rings (SSSR count). The van der Waals surface area contributed by atoms with Crippen molar-refractivity contribution in [1.82, 2.24) is 13.7 Å². The monoisotopic (exact) mass is 528 g/mol. The van der Waals surface area contributed by atoms with Crippen LogP contribution in [-0.4, -0.2) is 42.5 Å². The number of hydrogen-bond acceptors (Lipinski definition) is 5. The van der Waals surface area contributed by atoms with Crippen LogP contribution in [0.4, 0.5) is 17.1 Å². The van der Waals surface area contributed by atoms with Gasteiger partial charge in [0.15, 0.2) is 0 Å². The Labute approximate surface area is 213 Å². The van der Waals surface area contributed by atoms with E-state index in [1.165, 1.54) is 44.9 Å². The van der Waals surface area contributed by atoms with E-state index in [9.17, 15) is 19.2 Å². The molecule has 4 heterocycles. The second-order valence-electron chi connectivity index (χ2n) is 7.94. The maximum absolute atomic E-state index is 12.9. The van der Waals surface area contributed by atoms with Crippen LogP contribution in [0.3, 0.4) is 0 Å². The fourth-order valence-electron chi connectivity index (χ4n) is 3.60. The second kappa shape index (κ2) is 9.76. The van der Waals surface area contributed by atoms with Gasteiger partial charge in [-0.3, -0.25) is 14.4 Å². The van der Waals surface area contributed by atoms with Crippen molar-refractivity contribution >= 4 is 63.7 Å². The van der Waals surface area contributed by atoms with Gasteiger partial charge in [-0.15, -0.1) is 11.3 Å². The van der Waals surface area contributed by atoms with Gasteiger partial charge in [-0.1, -0.05) is 11.6 Å². The van der Waals surface area contributed by atoms with Gasteiger partial charge in [-0.05, 0) is 29.6 Å². The number of carboxylic acid groups (broad SMARTS) is 1. The lowest BCUT2D eigenvalue weighted by molar-refractivity contribution is 0.0686. The normalized spacial score (nSPS) is 10.8. The topological polar surface area (TPSA) is 139 Å². The summed E-state index contributed by atoms with van der Waals surface area (Å²) in [6.45, 7) is 0. The number of carbonyl (C=O) groups is 4. The van der Waals surface area contributed by atoms with Gasteiger partial charge < -0.3 is 34.8 Å². The number of rotatable bonds is 7. The molecular weight excluding hydrogens is 508 g/mol. The van der Waals surface area contributed by atoms with E-state index < -0.39 is 17.8 Å². The lowest BCUT2D eigenvalue weighted by Gasteiger charge is -2.03. The molecule has 0 unspecified atom stereocenters. The first kappa shape index (κ1) is 24.8. The molecule has 13 heteroatoms. The number of carbonyl (C=O) groups excluding carboxylic acids is 3. The van der Waals surface area contributed by atoms with Crippen LogP contribution in [-0.2, 0) is 21.1 Å². The molecule has 0 aromatic carbocycles. The van der Waals surface area contributed by atoms with Gasteiger partial charge in [-0.2, -0.15) is 0 Å². The Hall–Kier alpha value is -4.29. The smallest absolute Gasteiger partial charge is 0.352 e. The quantitative estimate of drug-likeness (QED) is 0.288. The third kappa shape index (κ3) is 5.04. The summed E-state index contributed by atoms with van der Waals surface area (Å²) >= 11 is 7.22. The molecule has 11 nitrogen and oxygen atoms in total. The first-order valence-electron chi connectivity index (χ1n) is 10.4. The molecule has 0 radical (unpaired) electrons. The summed E-state index contributed by atoms with van der Waals surface area (Å²) < 4.78 is 4.49. The molecule has 4 N–H and O–H groups in total. The highest BCUT2D eigenvalue weighted by molar-refractivity contribution is 7.12. The molecule has 0 aliphatic rings. The third-order valence-electron chi connectivity index (χ3n) is 5.30. The average Bonchev–Trinajstić information content (AvgIpc) is 3.55. The minimum atomic E-state index is -1.11. The number of nitrogens with one attached hydrogen (secondary N) is 3. The van der Waals surface area contributed by atoms with Crippen LogP contribution in [0, 0.1) is 0 Å². The molecule has 0 bridgehead atoms. The molecule has 4 aromatic rings. The maximum Gasteiger partial charge on any atom is 0.352 e. The molecule has 0 atom stereocenters. The number of nitrogens with zero attached hydrogens (tertiary/aromatic N) is 3. The van der Waals surface area contributed by atoms with Gasteiger partial charge in [0.05, 0.1) is 22.1 Å². The van der Waals surface area contributed by atoms with Gasteiger partial charge in [0, 0.05) is 39.7 Å². The summed E-state index contributed by atoms with van der Waals surface area (Å²) in [5.74, 6) is -2.41. The van der Waals surface area contributed by atoms with Gasteiger partial charge in [-0.25, -0.2) is 4.79 Å². The number of aryl methyl sites for hydroxylation is 3. The molecule has 186 valence electrons. The van der Waals surface area contributed by atoms with Gasteiger partial charge in [0.2, 0.25) is 0 Å². The van der Waals surface area contributed by atoms with E-state index in [-0.39, 0.29) is 23.0 Å². The van der Waals surface area contributed by atoms with E-state index in [1.807, 2.05) is 0 Å². The summed E-state index contributed by atoms with van der Waals surface area (Å²) in [4.78, 5) is 49.6. The number of carboxylic acids is 1. The zero-order valence-corrected chi connectivity index (χ0v) is 20.9. The van der Waals surface area contributed by atoms with E-state index in [2.05, 4.69) is 16.0 Å². The van der Waals surface area contributed by atoms with Crippen molar-refractivity contribution in [2.75, 3.05) is 16.0 Å². The Bertz CT molecular complexity index is 1510. The van der Waals surface area contributed by atoms with Gasteiger partial charge in [0.1, 0.15) is 22.0 Å². The van der Waals surface area contributed by atoms with E-state index >= 15 is 0 Å². The number of thiophene rings is 1. The lowest BCUT2D eigenvalue weighted by Crippen LogP contribution is -2.15. The van der Waals surface area contributed by atoms with Crippen LogP contribution in [0.2, 0.25) is 5.02 Å². The van der Waals surface area contributed by atoms with Crippen LogP contribution >= 0.6 is 22.9 Å². The first-order chi connectivity index (χ1) is 17.0. The Morgan fingerprint density at radius 2 is 1.17 bits per heavy atom. The SMILES string of the molecule is Cn1cc(NC(=O)c2cc(NC(=O)c3cc(NC(=O)c4sccc4Cl)cn3C)cn2C)cc1C(=O)O. The summed E-state index contributed by atoms with van der Waals surface area (Å²) in [5, 5.41) is 19.3. The van der Waals surface area contributed by atoms with Crippen molar-refractivity contribution < 1.29 is 24.3 Å². The number of anilines is 3. The molecular formula is C23H21ClN6O5S. The molecule has 0 fully saturated rings. The van der Waals surface area contributed by atoms with Crippen molar-refractivity contribution in [3.63, 3.8) is 0 Å². The van der Waals surface area contributed by atoms with Gasteiger partial charge >= 0.3 is 5.97 Å². The number of hydrogen-bond donors (Lipinski definition) is 4. The Morgan fingerprint density at radius 3 is 1.56 bits per heavy atom. The third-order valence-corrected chi connectivity index (χ3v) is 6.64. The number of aromatic nitrogens is 3. The highest BCUT2D eigenvalue weighted by Crippen LogP contribution is 2.24. The summed E-state index contributed by atoms with van der Waals surface area (Å²) in [7, 11) is 4.87. The molecule has 0 saturated carbocycles. The molecule has 0 aliphatic heterocycles.